The average Bonchev–Trinajstić information content (AvgIpc) is 2.18. The van der Waals surface area contributed by atoms with E-state index < -0.39 is 0 Å². The molecule has 0 heteroatoms. The predicted molar refractivity (Wildman–Crippen MR) is 62.1 cm³/mol. The van der Waals surface area contributed by atoms with Crippen molar-refractivity contribution in [2.24, 2.45) is 23.7 Å². The van der Waals surface area contributed by atoms with Gasteiger partial charge in [0.2, 0.25) is 0 Å². The van der Waals surface area contributed by atoms with Crippen LogP contribution in [0.25, 0.3) is 0 Å². The second kappa shape index (κ2) is 3.92. The van der Waals surface area contributed by atoms with E-state index in [2.05, 4.69) is 39.0 Å². The molecule has 0 saturated carbocycles. The molecule has 0 spiro atoms. The zero-order chi connectivity index (χ0) is 10.1. The summed E-state index contributed by atoms with van der Waals surface area (Å²) >= 11 is 0. The minimum Gasteiger partial charge on any atom is -0.0882 e. The number of rotatable bonds is 1. The molecule has 2 rings (SSSR count). The molecule has 2 aliphatic rings. The van der Waals surface area contributed by atoms with E-state index in [0.717, 1.165) is 23.7 Å². The lowest BCUT2D eigenvalue weighted by atomic mass is 9.65. The van der Waals surface area contributed by atoms with Crippen LogP contribution in [0.5, 0.6) is 0 Å². The first kappa shape index (κ1) is 10.0. The highest BCUT2D eigenvalue weighted by atomic mass is 14.4. The number of fused-ring (bicyclic) bond motifs is 1. The molecule has 3 unspecified atom stereocenters. The maximum absolute atomic E-state index is 2.50. The van der Waals surface area contributed by atoms with Gasteiger partial charge < -0.3 is 0 Å². The second-order valence-electron chi connectivity index (χ2n) is 5.28. The number of hydrogen-bond donors (Lipinski definition) is 0. The zero-order valence-corrected chi connectivity index (χ0v) is 9.66. The van der Waals surface area contributed by atoms with E-state index in [0.29, 0.717) is 0 Å². The van der Waals surface area contributed by atoms with Crippen LogP contribution >= 0.6 is 0 Å². The van der Waals surface area contributed by atoms with Crippen molar-refractivity contribution in [2.75, 3.05) is 0 Å². The minimum absolute atomic E-state index is 0.828. The highest BCUT2D eigenvalue weighted by Crippen LogP contribution is 2.43. The molecule has 0 nitrogen and oxygen atoms in total. The lowest BCUT2D eigenvalue weighted by molar-refractivity contribution is 0.213. The van der Waals surface area contributed by atoms with Crippen molar-refractivity contribution in [3.63, 3.8) is 0 Å². The van der Waals surface area contributed by atoms with Crippen LogP contribution in [0.3, 0.4) is 0 Å². The van der Waals surface area contributed by atoms with Gasteiger partial charge in [0.1, 0.15) is 0 Å². The third-order valence-electron chi connectivity index (χ3n) is 4.11. The summed E-state index contributed by atoms with van der Waals surface area (Å²) in [5.41, 5.74) is 1.65. The van der Waals surface area contributed by atoms with Crippen LogP contribution in [0.2, 0.25) is 0 Å². The van der Waals surface area contributed by atoms with Gasteiger partial charge in [0, 0.05) is 0 Å². The fourth-order valence-electron chi connectivity index (χ4n) is 3.18. The predicted octanol–water partition coefficient (Wildman–Crippen LogP) is 4.19. The van der Waals surface area contributed by atoms with Crippen LogP contribution in [0.1, 0.15) is 40.0 Å². The van der Waals surface area contributed by atoms with Crippen LogP contribution in [-0.2, 0) is 0 Å². The molecule has 0 saturated heterocycles. The van der Waals surface area contributed by atoms with Gasteiger partial charge in [0.25, 0.3) is 0 Å². The maximum atomic E-state index is 2.50. The molecule has 0 aromatic rings. The Morgan fingerprint density at radius 1 is 1.36 bits per heavy atom. The lowest BCUT2D eigenvalue weighted by Crippen LogP contribution is -2.31. The average molecular weight is 190 g/mol. The van der Waals surface area contributed by atoms with E-state index in [9.17, 15) is 0 Å². The van der Waals surface area contributed by atoms with Crippen molar-refractivity contribution in [3.8, 4) is 0 Å². The van der Waals surface area contributed by atoms with Gasteiger partial charge in [-0.05, 0) is 49.9 Å². The summed E-state index contributed by atoms with van der Waals surface area (Å²) < 4.78 is 0. The molecule has 0 heterocycles. The zero-order valence-electron chi connectivity index (χ0n) is 9.66. The molecule has 0 N–H and O–H groups in total. The highest BCUT2D eigenvalue weighted by Gasteiger charge is 2.33. The molecular formula is C14H22. The Bertz CT molecular complexity index is 257. The molecule has 0 aliphatic heterocycles. The quantitative estimate of drug-likeness (QED) is 0.544. The Hall–Kier alpha value is -0.520. The van der Waals surface area contributed by atoms with Crippen LogP contribution < -0.4 is 0 Å². The molecule has 0 amide bonds. The summed E-state index contributed by atoms with van der Waals surface area (Å²) in [5, 5.41) is 0. The first-order valence-electron chi connectivity index (χ1n) is 6.03. The van der Waals surface area contributed by atoms with Crippen LogP contribution in [0.15, 0.2) is 23.8 Å². The van der Waals surface area contributed by atoms with Gasteiger partial charge in [-0.3, -0.25) is 0 Å². The number of hydrogen-bond acceptors (Lipinski definition) is 0. The first-order chi connectivity index (χ1) is 6.70. The van der Waals surface area contributed by atoms with Crippen LogP contribution in [-0.4, -0.2) is 0 Å². The largest absolute Gasteiger partial charge is 0.0882 e. The SMILES string of the molecule is CC1=CCC(C(C)C)C2C=CCCC12. The maximum Gasteiger partial charge on any atom is -0.0134 e. The summed E-state index contributed by atoms with van der Waals surface area (Å²) in [7, 11) is 0. The molecule has 0 fully saturated rings. The topological polar surface area (TPSA) is 0 Å². The van der Waals surface area contributed by atoms with Crippen molar-refractivity contribution in [1.82, 2.24) is 0 Å². The molecule has 0 aromatic heterocycles. The normalized spacial score (nSPS) is 36.9. The van der Waals surface area contributed by atoms with Gasteiger partial charge in [0.05, 0.1) is 0 Å². The summed E-state index contributed by atoms with van der Waals surface area (Å²) in [4.78, 5) is 0. The Kier molecular flexibility index (Phi) is 2.80. The van der Waals surface area contributed by atoms with E-state index in [1.807, 2.05) is 0 Å². The van der Waals surface area contributed by atoms with Crippen molar-refractivity contribution >= 4 is 0 Å². The molecule has 0 radical (unpaired) electrons. The molecule has 0 bridgehead atoms. The van der Waals surface area contributed by atoms with Gasteiger partial charge >= 0.3 is 0 Å². The van der Waals surface area contributed by atoms with E-state index in [1.54, 1.807) is 5.57 Å². The monoisotopic (exact) mass is 190 g/mol. The third kappa shape index (κ3) is 1.67. The van der Waals surface area contributed by atoms with Crippen molar-refractivity contribution in [3.05, 3.63) is 23.8 Å². The van der Waals surface area contributed by atoms with Crippen molar-refractivity contribution < 1.29 is 0 Å². The van der Waals surface area contributed by atoms with E-state index in [-0.39, 0.29) is 0 Å². The van der Waals surface area contributed by atoms with Gasteiger partial charge in [-0.2, -0.15) is 0 Å². The number of allylic oxidation sites excluding steroid dienone is 4. The minimum atomic E-state index is 0.828. The Labute approximate surface area is 88.1 Å². The van der Waals surface area contributed by atoms with Gasteiger partial charge in [0.15, 0.2) is 0 Å². The smallest absolute Gasteiger partial charge is 0.0134 e. The summed E-state index contributed by atoms with van der Waals surface area (Å²) in [6.07, 6.45) is 11.4. The standard InChI is InChI=1S/C14H22/c1-10(2)12-9-8-11(3)13-6-4-5-7-14(12)13/h5,7-8,10,12-14H,4,6,9H2,1-3H3. The van der Waals surface area contributed by atoms with E-state index in [4.69, 9.17) is 0 Å². The Balaban J connectivity index is 2.24. The van der Waals surface area contributed by atoms with Crippen molar-refractivity contribution in [2.45, 2.75) is 40.0 Å². The Morgan fingerprint density at radius 3 is 2.86 bits per heavy atom. The highest BCUT2D eigenvalue weighted by molar-refractivity contribution is 5.17. The Morgan fingerprint density at radius 2 is 2.14 bits per heavy atom. The summed E-state index contributed by atoms with van der Waals surface area (Å²) in [6.45, 7) is 7.07. The summed E-state index contributed by atoms with van der Waals surface area (Å²) in [6, 6.07) is 0. The molecule has 0 aromatic carbocycles. The van der Waals surface area contributed by atoms with Gasteiger partial charge in [-0.1, -0.05) is 37.6 Å². The fraction of sp³-hybridized carbons (Fsp3) is 0.714. The van der Waals surface area contributed by atoms with Gasteiger partial charge in [-0.15, -0.1) is 0 Å². The van der Waals surface area contributed by atoms with E-state index >= 15 is 0 Å². The molecule has 2 aliphatic carbocycles. The second-order valence-corrected chi connectivity index (χ2v) is 5.28. The molecule has 78 valence electrons. The van der Waals surface area contributed by atoms with E-state index in [1.165, 1.54) is 19.3 Å². The molecule has 3 atom stereocenters. The van der Waals surface area contributed by atoms with Crippen LogP contribution in [0, 0.1) is 23.7 Å². The van der Waals surface area contributed by atoms with Crippen molar-refractivity contribution in [1.29, 1.82) is 0 Å². The lowest BCUT2D eigenvalue weighted by Gasteiger charge is -2.40. The summed E-state index contributed by atoms with van der Waals surface area (Å²) in [5.74, 6) is 3.42. The first-order valence-corrected chi connectivity index (χ1v) is 6.03. The fourth-order valence-corrected chi connectivity index (χ4v) is 3.18. The van der Waals surface area contributed by atoms with Crippen LogP contribution in [0.4, 0.5) is 0 Å². The third-order valence-corrected chi connectivity index (χ3v) is 4.11. The molecular weight excluding hydrogens is 168 g/mol. The van der Waals surface area contributed by atoms with Gasteiger partial charge in [-0.25, -0.2) is 0 Å². The molecule has 14 heavy (non-hydrogen) atoms.